The molecule has 4 heteroatoms. The fourth-order valence-corrected chi connectivity index (χ4v) is 1.06. The van der Waals surface area contributed by atoms with Gasteiger partial charge in [-0.3, -0.25) is 0 Å². The normalized spacial score (nSPS) is 13.5. The Labute approximate surface area is 67.4 Å². The van der Waals surface area contributed by atoms with Crippen molar-refractivity contribution in [1.29, 1.82) is 0 Å². The summed E-state index contributed by atoms with van der Waals surface area (Å²) >= 11 is 3.24. The van der Waals surface area contributed by atoms with Crippen LogP contribution >= 0.6 is 15.9 Å². The smallest absolute Gasteiger partial charge is 0.0822 e. The number of nitrogens with one attached hydrogen (secondary N) is 1. The molecule has 0 spiro atoms. The van der Waals surface area contributed by atoms with Crippen LogP contribution in [-0.2, 0) is 0 Å². The van der Waals surface area contributed by atoms with E-state index in [9.17, 15) is 0 Å². The molecule has 56 valence electrons. The molecule has 1 atom stereocenters. The molecule has 0 radical (unpaired) electrons. The number of H-pyrrole nitrogens is 1. The van der Waals surface area contributed by atoms with Crippen LogP contribution in [0.15, 0.2) is 16.7 Å². The highest BCUT2D eigenvalue weighted by molar-refractivity contribution is 9.10. The second-order valence-corrected chi connectivity index (χ2v) is 2.91. The lowest BCUT2D eigenvalue weighted by Crippen LogP contribution is -2.14. The first-order chi connectivity index (χ1) is 4.74. The van der Waals surface area contributed by atoms with Crippen LogP contribution in [0.2, 0.25) is 0 Å². The van der Waals surface area contributed by atoms with Crippen molar-refractivity contribution in [3.8, 4) is 0 Å². The zero-order chi connectivity index (χ0) is 7.56. The van der Waals surface area contributed by atoms with E-state index in [0.717, 1.165) is 10.3 Å². The van der Waals surface area contributed by atoms with Crippen molar-refractivity contribution in [2.45, 2.75) is 6.04 Å². The Morgan fingerprint density at radius 3 is 2.80 bits per heavy atom. The van der Waals surface area contributed by atoms with Crippen molar-refractivity contribution in [3.05, 3.63) is 22.4 Å². The average molecular weight is 205 g/mol. The molecule has 0 amide bonds. The van der Waals surface area contributed by atoms with Gasteiger partial charge in [0, 0.05) is 5.69 Å². The van der Waals surface area contributed by atoms with E-state index in [1.807, 2.05) is 12.1 Å². The van der Waals surface area contributed by atoms with E-state index in [1.54, 1.807) is 0 Å². The van der Waals surface area contributed by atoms with Gasteiger partial charge in [-0.05, 0) is 28.1 Å². The van der Waals surface area contributed by atoms with Crippen LogP contribution in [0.5, 0.6) is 0 Å². The van der Waals surface area contributed by atoms with Crippen molar-refractivity contribution in [3.63, 3.8) is 0 Å². The number of rotatable bonds is 2. The van der Waals surface area contributed by atoms with Crippen LogP contribution in [0.4, 0.5) is 0 Å². The van der Waals surface area contributed by atoms with Crippen molar-refractivity contribution in [2.24, 2.45) is 5.73 Å². The summed E-state index contributed by atoms with van der Waals surface area (Å²) in [4.78, 5) is 2.96. The summed E-state index contributed by atoms with van der Waals surface area (Å²) in [7, 11) is 0. The summed E-state index contributed by atoms with van der Waals surface area (Å²) in [6.07, 6.45) is 0. The molecule has 0 saturated heterocycles. The lowest BCUT2D eigenvalue weighted by atomic mass is 10.2. The molecule has 0 aliphatic heterocycles. The van der Waals surface area contributed by atoms with E-state index in [1.165, 1.54) is 0 Å². The Morgan fingerprint density at radius 2 is 2.40 bits per heavy atom. The van der Waals surface area contributed by atoms with E-state index < -0.39 is 0 Å². The van der Waals surface area contributed by atoms with E-state index in [2.05, 4.69) is 20.9 Å². The van der Waals surface area contributed by atoms with Gasteiger partial charge in [-0.15, -0.1) is 0 Å². The third kappa shape index (κ3) is 1.59. The van der Waals surface area contributed by atoms with E-state index in [4.69, 9.17) is 10.8 Å². The number of hydrogen-bond donors (Lipinski definition) is 3. The number of aromatic nitrogens is 1. The Balaban J connectivity index is 2.74. The van der Waals surface area contributed by atoms with Gasteiger partial charge in [0.15, 0.2) is 0 Å². The maximum atomic E-state index is 8.64. The van der Waals surface area contributed by atoms with Crippen LogP contribution in [0.1, 0.15) is 11.7 Å². The lowest BCUT2D eigenvalue weighted by molar-refractivity contribution is 0.266. The summed E-state index contributed by atoms with van der Waals surface area (Å²) < 4.78 is 0.881. The summed E-state index contributed by atoms with van der Waals surface area (Å²) in [5.41, 5.74) is 6.35. The predicted molar refractivity (Wildman–Crippen MR) is 42.5 cm³/mol. The largest absolute Gasteiger partial charge is 0.394 e. The maximum absolute atomic E-state index is 8.64. The SMILES string of the molecule is N[C@@H](CO)c1ccc(Br)[nH]1. The van der Waals surface area contributed by atoms with Crippen LogP contribution < -0.4 is 5.73 Å². The van der Waals surface area contributed by atoms with Gasteiger partial charge in [-0.25, -0.2) is 0 Å². The van der Waals surface area contributed by atoms with Gasteiger partial charge in [0.25, 0.3) is 0 Å². The molecule has 0 aromatic carbocycles. The molecule has 4 N–H and O–H groups in total. The van der Waals surface area contributed by atoms with Gasteiger partial charge < -0.3 is 15.8 Å². The molecular weight excluding hydrogens is 196 g/mol. The van der Waals surface area contributed by atoms with Crippen LogP contribution in [0, 0.1) is 0 Å². The highest BCUT2D eigenvalue weighted by Gasteiger charge is 2.04. The second-order valence-electron chi connectivity index (χ2n) is 2.05. The van der Waals surface area contributed by atoms with Gasteiger partial charge in [0.1, 0.15) is 0 Å². The van der Waals surface area contributed by atoms with Gasteiger partial charge >= 0.3 is 0 Å². The third-order valence-electron chi connectivity index (χ3n) is 1.27. The minimum absolute atomic E-state index is 0.0348. The number of aliphatic hydroxyl groups excluding tert-OH is 1. The average Bonchev–Trinajstić information content (AvgIpc) is 2.34. The summed E-state index contributed by atoms with van der Waals surface area (Å²) in [5, 5.41) is 8.64. The fourth-order valence-electron chi connectivity index (χ4n) is 0.699. The third-order valence-corrected chi connectivity index (χ3v) is 1.73. The lowest BCUT2D eigenvalue weighted by Gasteiger charge is -2.03. The topological polar surface area (TPSA) is 62.0 Å². The number of aromatic amines is 1. The molecule has 0 saturated carbocycles. The van der Waals surface area contributed by atoms with Crippen molar-refractivity contribution in [2.75, 3.05) is 6.61 Å². The Kier molecular flexibility index (Phi) is 2.48. The molecule has 3 nitrogen and oxygen atoms in total. The zero-order valence-electron chi connectivity index (χ0n) is 5.34. The number of aliphatic hydroxyl groups is 1. The van der Waals surface area contributed by atoms with Crippen molar-refractivity contribution >= 4 is 15.9 Å². The summed E-state index contributed by atoms with van der Waals surface area (Å²) in [5.74, 6) is 0. The molecule has 0 unspecified atom stereocenters. The van der Waals surface area contributed by atoms with Gasteiger partial charge in [0.2, 0.25) is 0 Å². The van der Waals surface area contributed by atoms with E-state index in [0.29, 0.717) is 0 Å². The second kappa shape index (κ2) is 3.18. The van der Waals surface area contributed by atoms with Crippen LogP contribution in [-0.4, -0.2) is 16.7 Å². The molecule has 10 heavy (non-hydrogen) atoms. The number of hydrogen-bond acceptors (Lipinski definition) is 2. The molecule has 1 heterocycles. The Bertz CT molecular complexity index is 211. The van der Waals surface area contributed by atoms with Crippen molar-refractivity contribution < 1.29 is 5.11 Å². The first kappa shape index (κ1) is 7.78. The summed E-state index contributed by atoms with van der Waals surface area (Å²) in [6.45, 7) is -0.0348. The molecule has 1 rings (SSSR count). The summed E-state index contributed by atoms with van der Waals surface area (Å²) in [6, 6.07) is 3.39. The number of nitrogens with two attached hydrogens (primary N) is 1. The van der Waals surface area contributed by atoms with Crippen LogP contribution in [0.25, 0.3) is 0 Å². The maximum Gasteiger partial charge on any atom is 0.0822 e. The highest BCUT2D eigenvalue weighted by Crippen LogP contribution is 2.12. The van der Waals surface area contributed by atoms with E-state index in [-0.39, 0.29) is 12.6 Å². The first-order valence-corrected chi connectivity index (χ1v) is 3.74. The highest BCUT2D eigenvalue weighted by atomic mass is 79.9. The molecule has 0 fully saturated rings. The molecule has 0 aliphatic carbocycles. The Morgan fingerprint density at radius 1 is 1.70 bits per heavy atom. The predicted octanol–water partition coefficient (Wildman–Crippen LogP) is 0.769. The zero-order valence-corrected chi connectivity index (χ0v) is 6.93. The minimum atomic E-state index is -0.300. The molecule has 1 aromatic rings. The van der Waals surface area contributed by atoms with Gasteiger partial charge in [-0.1, -0.05) is 0 Å². The standard InChI is InChI=1S/C6H9BrN2O/c7-6-2-1-5(9-6)4(8)3-10/h1-2,4,9-10H,3,8H2/t4-/m0/s1. The minimum Gasteiger partial charge on any atom is -0.394 e. The Hall–Kier alpha value is -0.320. The van der Waals surface area contributed by atoms with Crippen molar-refractivity contribution in [1.82, 2.24) is 4.98 Å². The molecular formula is C6H9BrN2O. The quantitative estimate of drug-likeness (QED) is 0.667. The monoisotopic (exact) mass is 204 g/mol. The molecule has 1 aromatic heterocycles. The van der Waals surface area contributed by atoms with Gasteiger partial charge in [-0.2, -0.15) is 0 Å². The fraction of sp³-hybridized carbons (Fsp3) is 0.333. The number of halogens is 1. The molecule has 0 aliphatic rings. The van der Waals surface area contributed by atoms with Crippen LogP contribution in [0.3, 0.4) is 0 Å². The van der Waals surface area contributed by atoms with E-state index >= 15 is 0 Å². The first-order valence-electron chi connectivity index (χ1n) is 2.95. The molecule has 0 bridgehead atoms. The van der Waals surface area contributed by atoms with Gasteiger partial charge in [0.05, 0.1) is 17.3 Å².